The first-order valence-corrected chi connectivity index (χ1v) is 10.3. The molecule has 2 fully saturated rings. The third-order valence-corrected chi connectivity index (χ3v) is 5.70. The lowest BCUT2D eigenvalue weighted by molar-refractivity contribution is -0.134. The lowest BCUT2D eigenvalue weighted by Gasteiger charge is -2.35. The topological polar surface area (TPSA) is 71.3 Å². The molecule has 1 saturated carbocycles. The summed E-state index contributed by atoms with van der Waals surface area (Å²) >= 11 is 0. The zero-order valence-electron chi connectivity index (χ0n) is 17.2. The molecule has 0 unspecified atom stereocenters. The highest BCUT2D eigenvalue weighted by atomic mass is 16.2. The van der Waals surface area contributed by atoms with Gasteiger partial charge in [-0.1, -0.05) is 13.8 Å². The number of aromatic nitrogens is 3. The number of carbonyl (C=O) groups excluding carboxylic acids is 2. The third kappa shape index (κ3) is 3.38. The highest BCUT2D eigenvalue weighted by Gasteiger charge is 2.35. The maximum Gasteiger partial charge on any atom is 0.254 e. The van der Waals surface area contributed by atoms with Gasteiger partial charge in [0.15, 0.2) is 5.65 Å². The smallest absolute Gasteiger partial charge is 0.254 e. The summed E-state index contributed by atoms with van der Waals surface area (Å²) in [6.07, 6.45) is 3.79. The zero-order valence-corrected chi connectivity index (χ0v) is 17.2. The SMILES string of the molecule is CC(C)c1cc(C(=O)N2CCN(C(=O)C3CC3)CC2)c2cnn(C(C)C)c2n1. The van der Waals surface area contributed by atoms with Crippen LogP contribution in [0, 0.1) is 5.92 Å². The van der Waals surface area contributed by atoms with Gasteiger partial charge < -0.3 is 9.80 Å². The van der Waals surface area contributed by atoms with Gasteiger partial charge in [0, 0.05) is 43.8 Å². The molecule has 1 saturated heterocycles. The molecule has 2 aromatic heterocycles. The van der Waals surface area contributed by atoms with Crippen molar-refractivity contribution in [1.82, 2.24) is 24.6 Å². The van der Waals surface area contributed by atoms with E-state index >= 15 is 0 Å². The van der Waals surface area contributed by atoms with Crippen molar-refractivity contribution in [1.29, 1.82) is 0 Å². The molecule has 0 N–H and O–H groups in total. The zero-order chi connectivity index (χ0) is 20.0. The Labute approximate surface area is 165 Å². The normalized spacial score (nSPS) is 17.8. The Hall–Kier alpha value is -2.44. The third-order valence-electron chi connectivity index (χ3n) is 5.70. The number of hydrogen-bond acceptors (Lipinski definition) is 4. The molecule has 0 aromatic carbocycles. The Bertz CT molecular complexity index is 905. The van der Waals surface area contributed by atoms with Gasteiger partial charge in [-0.15, -0.1) is 0 Å². The molecule has 0 atom stereocenters. The Morgan fingerprint density at radius 1 is 1.04 bits per heavy atom. The fourth-order valence-corrected chi connectivity index (χ4v) is 3.78. The molecule has 1 aliphatic carbocycles. The van der Waals surface area contributed by atoms with Crippen molar-refractivity contribution in [2.24, 2.45) is 5.92 Å². The van der Waals surface area contributed by atoms with Crippen molar-refractivity contribution in [3.05, 3.63) is 23.5 Å². The molecule has 3 heterocycles. The lowest BCUT2D eigenvalue weighted by atomic mass is 10.0. The van der Waals surface area contributed by atoms with Crippen LogP contribution in [0.1, 0.15) is 68.5 Å². The van der Waals surface area contributed by atoms with Crippen LogP contribution in [-0.4, -0.2) is 62.6 Å². The minimum absolute atomic E-state index is 0.0103. The Morgan fingerprint density at radius 3 is 2.25 bits per heavy atom. The van der Waals surface area contributed by atoms with Gasteiger partial charge in [-0.05, 0) is 38.7 Å². The molecule has 4 rings (SSSR count). The minimum atomic E-state index is 0.0103. The van der Waals surface area contributed by atoms with Gasteiger partial charge in [-0.3, -0.25) is 9.59 Å². The quantitative estimate of drug-likeness (QED) is 0.814. The number of amides is 2. The van der Waals surface area contributed by atoms with E-state index in [0.29, 0.717) is 31.7 Å². The van der Waals surface area contributed by atoms with E-state index in [1.807, 2.05) is 20.5 Å². The van der Waals surface area contributed by atoms with E-state index in [4.69, 9.17) is 4.98 Å². The first-order chi connectivity index (χ1) is 13.4. The van der Waals surface area contributed by atoms with E-state index in [1.165, 1.54) is 0 Å². The van der Waals surface area contributed by atoms with Gasteiger partial charge in [0.25, 0.3) is 5.91 Å². The van der Waals surface area contributed by atoms with E-state index in [9.17, 15) is 9.59 Å². The second kappa shape index (κ2) is 7.18. The number of nitrogens with zero attached hydrogens (tertiary/aromatic N) is 5. The molecule has 7 heteroatoms. The second-order valence-electron chi connectivity index (χ2n) is 8.56. The number of piperazine rings is 1. The summed E-state index contributed by atoms with van der Waals surface area (Å²) in [7, 11) is 0. The summed E-state index contributed by atoms with van der Waals surface area (Å²) in [5.74, 6) is 0.729. The van der Waals surface area contributed by atoms with Crippen LogP contribution >= 0.6 is 0 Å². The minimum Gasteiger partial charge on any atom is -0.339 e. The first kappa shape index (κ1) is 18.9. The molecule has 2 aliphatic rings. The predicted octanol–water partition coefficient (Wildman–Crippen LogP) is 2.83. The fourth-order valence-electron chi connectivity index (χ4n) is 3.78. The van der Waals surface area contributed by atoms with Gasteiger partial charge in [0.1, 0.15) is 0 Å². The number of hydrogen-bond donors (Lipinski definition) is 0. The van der Waals surface area contributed by atoms with Gasteiger partial charge in [-0.25, -0.2) is 9.67 Å². The highest BCUT2D eigenvalue weighted by Crippen LogP contribution is 2.31. The maximum atomic E-state index is 13.3. The van der Waals surface area contributed by atoms with Crippen LogP contribution < -0.4 is 0 Å². The Kier molecular flexibility index (Phi) is 4.85. The molecule has 2 amide bonds. The van der Waals surface area contributed by atoms with Crippen molar-refractivity contribution in [3.8, 4) is 0 Å². The Balaban J connectivity index is 1.61. The molecule has 28 heavy (non-hydrogen) atoms. The molecule has 1 aliphatic heterocycles. The monoisotopic (exact) mass is 383 g/mol. The largest absolute Gasteiger partial charge is 0.339 e. The van der Waals surface area contributed by atoms with Crippen LogP contribution in [0.25, 0.3) is 11.0 Å². The van der Waals surface area contributed by atoms with E-state index in [-0.39, 0.29) is 29.7 Å². The average molecular weight is 383 g/mol. The molecule has 2 aromatic rings. The maximum absolute atomic E-state index is 13.3. The molecule has 0 spiro atoms. The second-order valence-corrected chi connectivity index (χ2v) is 8.56. The lowest BCUT2D eigenvalue weighted by Crippen LogP contribution is -2.51. The van der Waals surface area contributed by atoms with Crippen molar-refractivity contribution in [2.75, 3.05) is 26.2 Å². The fraction of sp³-hybridized carbons (Fsp3) is 0.619. The molecule has 0 radical (unpaired) electrons. The average Bonchev–Trinajstić information content (AvgIpc) is 3.44. The first-order valence-electron chi connectivity index (χ1n) is 10.3. The van der Waals surface area contributed by atoms with Crippen molar-refractivity contribution in [3.63, 3.8) is 0 Å². The highest BCUT2D eigenvalue weighted by molar-refractivity contribution is 6.05. The molecular weight excluding hydrogens is 354 g/mol. The van der Waals surface area contributed by atoms with Crippen LogP contribution in [0.5, 0.6) is 0 Å². The van der Waals surface area contributed by atoms with Crippen molar-refractivity contribution >= 4 is 22.8 Å². The molecule has 0 bridgehead atoms. The standard InChI is InChI=1S/C21H29N5O2/c1-13(2)18-11-16(17-12-22-26(14(3)4)19(17)23-18)21(28)25-9-7-24(8-10-25)20(27)15-5-6-15/h11-15H,5-10H2,1-4H3. The predicted molar refractivity (Wildman–Crippen MR) is 107 cm³/mol. The summed E-state index contributed by atoms with van der Waals surface area (Å²) in [5.41, 5.74) is 2.34. The number of fused-ring (bicyclic) bond motifs is 1. The Morgan fingerprint density at radius 2 is 1.68 bits per heavy atom. The van der Waals surface area contributed by atoms with Gasteiger partial charge in [-0.2, -0.15) is 5.10 Å². The summed E-state index contributed by atoms with van der Waals surface area (Å²) < 4.78 is 1.88. The van der Waals surface area contributed by atoms with E-state index < -0.39 is 0 Å². The van der Waals surface area contributed by atoms with Gasteiger partial charge in [0.2, 0.25) is 5.91 Å². The summed E-state index contributed by atoms with van der Waals surface area (Å²) in [6.45, 7) is 10.7. The number of carbonyl (C=O) groups is 2. The summed E-state index contributed by atoms with van der Waals surface area (Å²) in [4.78, 5) is 34.2. The van der Waals surface area contributed by atoms with Gasteiger partial charge >= 0.3 is 0 Å². The van der Waals surface area contributed by atoms with Crippen molar-refractivity contribution < 1.29 is 9.59 Å². The summed E-state index contributed by atoms with van der Waals surface area (Å²) in [5, 5.41) is 5.28. The summed E-state index contributed by atoms with van der Waals surface area (Å²) in [6, 6.07) is 2.09. The van der Waals surface area contributed by atoms with Crippen LogP contribution in [0.4, 0.5) is 0 Å². The molecular formula is C21H29N5O2. The van der Waals surface area contributed by atoms with E-state index in [1.54, 1.807) is 6.20 Å². The van der Waals surface area contributed by atoms with Crippen LogP contribution in [0.3, 0.4) is 0 Å². The van der Waals surface area contributed by atoms with Crippen LogP contribution in [0.15, 0.2) is 12.3 Å². The number of rotatable bonds is 4. The van der Waals surface area contributed by atoms with E-state index in [0.717, 1.165) is 29.6 Å². The molecule has 150 valence electrons. The molecule has 7 nitrogen and oxygen atoms in total. The van der Waals surface area contributed by atoms with Crippen molar-refractivity contribution in [2.45, 2.75) is 52.5 Å². The van der Waals surface area contributed by atoms with Crippen LogP contribution in [-0.2, 0) is 4.79 Å². The number of pyridine rings is 1. The van der Waals surface area contributed by atoms with Gasteiger partial charge in [0.05, 0.1) is 17.1 Å². The van der Waals surface area contributed by atoms with E-state index in [2.05, 4.69) is 32.8 Å². The van der Waals surface area contributed by atoms with Crippen LogP contribution in [0.2, 0.25) is 0 Å².